The van der Waals surface area contributed by atoms with Gasteiger partial charge in [-0.2, -0.15) is 0 Å². The molecule has 4 aliphatic rings. The molecule has 0 aliphatic heterocycles. The van der Waals surface area contributed by atoms with Crippen LogP contribution in [0.3, 0.4) is 0 Å². The summed E-state index contributed by atoms with van der Waals surface area (Å²) < 4.78 is 0. The van der Waals surface area contributed by atoms with E-state index in [9.17, 15) is 4.79 Å². The summed E-state index contributed by atoms with van der Waals surface area (Å²) >= 11 is 0. The molecule has 0 saturated heterocycles. The highest BCUT2D eigenvalue weighted by Gasteiger charge is 2.57. The molecule has 3 fully saturated rings. The highest BCUT2D eigenvalue weighted by Crippen LogP contribution is 2.65. The number of Topliss-reactive ketones (excluding diaryl/α,β-unsaturated/α-hetero) is 1. The average Bonchev–Trinajstić information content (AvgIpc) is 2.84. The van der Waals surface area contributed by atoms with E-state index < -0.39 is 0 Å². The summed E-state index contributed by atoms with van der Waals surface area (Å²) in [6.45, 7) is 7.48. The van der Waals surface area contributed by atoms with E-state index in [0.717, 1.165) is 30.6 Å². The van der Waals surface area contributed by atoms with Gasteiger partial charge in [-0.3, -0.25) is 4.79 Å². The van der Waals surface area contributed by atoms with Gasteiger partial charge in [0.25, 0.3) is 0 Å². The van der Waals surface area contributed by atoms with E-state index in [4.69, 9.17) is 0 Å². The Morgan fingerprint density at radius 3 is 2.77 bits per heavy atom. The van der Waals surface area contributed by atoms with E-state index in [-0.39, 0.29) is 0 Å². The Labute approximate surface area is 135 Å². The Balaban J connectivity index is 1.65. The Hall–Kier alpha value is -0.590. The molecule has 6 atom stereocenters. The van der Waals surface area contributed by atoms with Gasteiger partial charge in [-0.05, 0) is 73.0 Å². The van der Waals surface area contributed by atoms with E-state index in [1.807, 2.05) is 5.57 Å². The normalized spacial score (nSPS) is 50.9. The van der Waals surface area contributed by atoms with Crippen LogP contribution in [0.5, 0.6) is 0 Å². The van der Waals surface area contributed by atoms with E-state index in [1.165, 1.54) is 44.9 Å². The molecule has 0 aromatic carbocycles. The molecule has 1 heteroatoms. The van der Waals surface area contributed by atoms with Crippen LogP contribution in [0.4, 0.5) is 0 Å². The second-order valence-corrected chi connectivity index (χ2v) is 9.19. The maximum absolute atomic E-state index is 11.9. The molecule has 22 heavy (non-hydrogen) atoms. The first-order valence-electron chi connectivity index (χ1n) is 9.71. The van der Waals surface area contributed by atoms with Gasteiger partial charge in [0, 0.05) is 12.8 Å². The lowest BCUT2D eigenvalue weighted by atomic mass is 9.46. The molecule has 0 aromatic rings. The lowest BCUT2D eigenvalue weighted by Crippen LogP contribution is -2.51. The second kappa shape index (κ2) is 4.95. The summed E-state index contributed by atoms with van der Waals surface area (Å²) in [4.78, 5) is 11.9. The third kappa shape index (κ3) is 1.86. The number of hydrogen-bond donors (Lipinski definition) is 0. The Bertz CT molecular complexity index is 518. The lowest BCUT2D eigenvalue weighted by Gasteiger charge is -2.58. The van der Waals surface area contributed by atoms with Gasteiger partial charge in [-0.25, -0.2) is 0 Å². The highest BCUT2D eigenvalue weighted by atomic mass is 16.1. The van der Waals surface area contributed by atoms with E-state index >= 15 is 0 Å². The summed E-state index contributed by atoms with van der Waals surface area (Å²) in [5.41, 5.74) is 2.79. The number of rotatable bonds is 1. The van der Waals surface area contributed by atoms with Crippen molar-refractivity contribution >= 4 is 5.78 Å². The quantitative estimate of drug-likeness (QED) is 0.581. The van der Waals surface area contributed by atoms with Crippen molar-refractivity contribution in [3.63, 3.8) is 0 Å². The molecule has 0 amide bonds. The zero-order valence-electron chi connectivity index (χ0n) is 14.7. The topological polar surface area (TPSA) is 17.1 Å². The van der Waals surface area contributed by atoms with E-state index in [1.54, 1.807) is 0 Å². The number of fused-ring (bicyclic) bond motifs is 5. The fourth-order valence-electron chi connectivity index (χ4n) is 7.08. The molecule has 122 valence electrons. The van der Waals surface area contributed by atoms with Crippen molar-refractivity contribution in [2.24, 2.45) is 34.5 Å². The standard InChI is InChI=1S/C21H32O/c1-4-14-6-8-18-17-7-5-15-13-16(22)9-11-21(15,3)19(17)10-12-20(14,18)2/h8,14-15,17,19H,4-7,9-13H2,1-3H3/t14-,15?,17-,19-,20+,21-/m0/s1. The molecule has 0 aromatic heterocycles. The lowest BCUT2D eigenvalue weighted by molar-refractivity contribution is -0.131. The van der Waals surface area contributed by atoms with Gasteiger partial charge in [0.1, 0.15) is 5.78 Å². The Kier molecular flexibility index (Phi) is 3.37. The SMILES string of the molecule is CC[C@H]1CC=C2[C@@H]3CCC4CC(=O)CC[C@]4(C)[C@H]3CC[C@@]21C. The fourth-order valence-corrected chi connectivity index (χ4v) is 7.08. The molecule has 1 nitrogen and oxygen atoms in total. The van der Waals surface area contributed by atoms with Gasteiger partial charge in [-0.1, -0.05) is 38.8 Å². The van der Waals surface area contributed by atoms with Gasteiger partial charge in [0.05, 0.1) is 0 Å². The molecule has 1 unspecified atom stereocenters. The minimum atomic E-state index is 0.448. The molecule has 0 heterocycles. The van der Waals surface area contributed by atoms with Crippen LogP contribution >= 0.6 is 0 Å². The summed E-state index contributed by atoms with van der Waals surface area (Å²) in [6.07, 6.45) is 13.7. The third-order valence-electron chi connectivity index (χ3n) is 8.56. The van der Waals surface area contributed by atoms with Gasteiger partial charge in [0.2, 0.25) is 0 Å². The van der Waals surface area contributed by atoms with Gasteiger partial charge < -0.3 is 0 Å². The van der Waals surface area contributed by atoms with Gasteiger partial charge >= 0.3 is 0 Å². The zero-order valence-corrected chi connectivity index (χ0v) is 14.7. The summed E-state index contributed by atoms with van der Waals surface area (Å²) in [7, 11) is 0. The van der Waals surface area contributed by atoms with Crippen molar-refractivity contribution in [2.75, 3.05) is 0 Å². The van der Waals surface area contributed by atoms with Crippen molar-refractivity contribution in [3.8, 4) is 0 Å². The number of ketones is 1. The average molecular weight is 300 g/mol. The van der Waals surface area contributed by atoms with Crippen molar-refractivity contribution in [1.29, 1.82) is 0 Å². The molecule has 4 aliphatic carbocycles. The number of allylic oxidation sites excluding steroid dienone is 2. The summed E-state index contributed by atoms with van der Waals surface area (Å²) in [6, 6.07) is 0. The van der Waals surface area contributed by atoms with E-state index in [2.05, 4.69) is 26.8 Å². The maximum Gasteiger partial charge on any atom is 0.133 e. The fraction of sp³-hybridized carbons (Fsp3) is 0.857. The van der Waals surface area contributed by atoms with Crippen LogP contribution in [0, 0.1) is 34.5 Å². The Morgan fingerprint density at radius 1 is 1.18 bits per heavy atom. The summed E-state index contributed by atoms with van der Waals surface area (Å²) in [5, 5.41) is 0. The minimum Gasteiger partial charge on any atom is -0.300 e. The van der Waals surface area contributed by atoms with Crippen LogP contribution in [-0.4, -0.2) is 5.78 Å². The van der Waals surface area contributed by atoms with E-state index in [0.29, 0.717) is 22.5 Å². The molecular weight excluding hydrogens is 268 g/mol. The predicted octanol–water partition coefficient (Wildman–Crippen LogP) is 5.54. The maximum atomic E-state index is 11.9. The first-order valence-corrected chi connectivity index (χ1v) is 9.71. The number of carbonyl (C=O) groups excluding carboxylic acids is 1. The minimum absolute atomic E-state index is 0.448. The molecule has 0 radical (unpaired) electrons. The number of carbonyl (C=O) groups is 1. The smallest absolute Gasteiger partial charge is 0.133 e. The van der Waals surface area contributed by atoms with Crippen LogP contribution in [-0.2, 0) is 4.79 Å². The van der Waals surface area contributed by atoms with Crippen LogP contribution in [0.25, 0.3) is 0 Å². The zero-order chi connectivity index (χ0) is 15.5. The molecule has 3 saturated carbocycles. The molecule has 4 rings (SSSR count). The third-order valence-corrected chi connectivity index (χ3v) is 8.56. The van der Waals surface area contributed by atoms with Gasteiger partial charge in [0.15, 0.2) is 0 Å². The monoisotopic (exact) mass is 300 g/mol. The number of hydrogen-bond acceptors (Lipinski definition) is 1. The van der Waals surface area contributed by atoms with Crippen molar-refractivity contribution in [2.45, 2.75) is 78.6 Å². The predicted molar refractivity (Wildman–Crippen MR) is 90.5 cm³/mol. The first kappa shape index (κ1) is 15.0. The van der Waals surface area contributed by atoms with Crippen LogP contribution < -0.4 is 0 Å². The molecular formula is C21H32O. The molecule has 0 N–H and O–H groups in total. The van der Waals surface area contributed by atoms with Crippen molar-refractivity contribution in [3.05, 3.63) is 11.6 Å². The molecule has 0 bridgehead atoms. The van der Waals surface area contributed by atoms with Gasteiger partial charge in [-0.15, -0.1) is 0 Å². The van der Waals surface area contributed by atoms with Crippen molar-refractivity contribution in [1.82, 2.24) is 0 Å². The Morgan fingerprint density at radius 2 is 2.00 bits per heavy atom. The van der Waals surface area contributed by atoms with Crippen molar-refractivity contribution < 1.29 is 4.79 Å². The van der Waals surface area contributed by atoms with Crippen LogP contribution in [0.1, 0.15) is 78.6 Å². The first-order chi connectivity index (χ1) is 10.5. The van der Waals surface area contributed by atoms with Crippen LogP contribution in [0.15, 0.2) is 11.6 Å². The largest absolute Gasteiger partial charge is 0.300 e. The summed E-state index contributed by atoms with van der Waals surface area (Å²) in [5.74, 6) is 3.80. The second-order valence-electron chi connectivity index (χ2n) is 9.19. The van der Waals surface area contributed by atoms with Crippen LogP contribution in [0.2, 0.25) is 0 Å². The molecule has 0 spiro atoms. The highest BCUT2D eigenvalue weighted by molar-refractivity contribution is 5.79.